The highest BCUT2D eigenvalue weighted by Gasteiger charge is 2.04. The Hall–Kier alpha value is -1.59. The van der Waals surface area contributed by atoms with Gasteiger partial charge in [0.15, 0.2) is 0 Å². The number of halogens is 1. The zero-order chi connectivity index (χ0) is 14.3. The molecule has 0 spiro atoms. The summed E-state index contributed by atoms with van der Waals surface area (Å²) >= 11 is 0. The van der Waals surface area contributed by atoms with Gasteiger partial charge in [-0.2, -0.15) is 0 Å². The minimum Gasteiger partial charge on any atom is -0.366 e. The number of hydrogen-bond donors (Lipinski definition) is 3. The maximum Gasteiger partial charge on any atom is 0.248 e. The van der Waals surface area contributed by atoms with Crippen LogP contribution in [-0.2, 0) is 11.2 Å². The predicted molar refractivity (Wildman–Crippen MR) is 81.8 cm³/mol. The fourth-order valence-corrected chi connectivity index (χ4v) is 1.67. The Kier molecular flexibility index (Phi) is 8.59. The van der Waals surface area contributed by atoms with E-state index in [1.807, 2.05) is 13.0 Å². The summed E-state index contributed by atoms with van der Waals surface area (Å²) in [6.45, 7) is 2.42. The number of primary amides is 1. The molecular weight excluding hydrogens is 278 g/mol. The lowest BCUT2D eigenvalue weighted by Crippen LogP contribution is -2.27. The molecule has 1 aromatic rings. The molecule has 0 aliphatic rings. The quantitative estimate of drug-likeness (QED) is 0.700. The highest BCUT2D eigenvalue weighted by atomic mass is 35.5. The molecule has 5 nitrogen and oxygen atoms in total. The molecule has 1 unspecified atom stereocenters. The van der Waals surface area contributed by atoms with E-state index in [-0.39, 0.29) is 24.4 Å². The van der Waals surface area contributed by atoms with Gasteiger partial charge in [-0.25, -0.2) is 0 Å². The largest absolute Gasteiger partial charge is 0.366 e. The average molecular weight is 300 g/mol. The summed E-state index contributed by atoms with van der Waals surface area (Å²) in [6.07, 6.45) is 1.80. The van der Waals surface area contributed by atoms with Gasteiger partial charge >= 0.3 is 0 Å². The van der Waals surface area contributed by atoms with Gasteiger partial charge in [0, 0.05) is 24.6 Å². The lowest BCUT2D eigenvalue weighted by atomic mass is 10.1. The molecule has 1 aromatic carbocycles. The Morgan fingerprint density at radius 1 is 1.35 bits per heavy atom. The minimum absolute atomic E-state index is 0. The third-order valence-electron chi connectivity index (χ3n) is 2.77. The third kappa shape index (κ3) is 7.11. The van der Waals surface area contributed by atoms with Gasteiger partial charge in [-0.05, 0) is 37.5 Å². The summed E-state index contributed by atoms with van der Waals surface area (Å²) in [5.41, 5.74) is 12.3. The van der Waals surface area contributed by atoms with Gasteiger partial charge in [0.2, 0.25) is 11.8 Å². The molecule has 0 aliphatic heterocycles. The molecule has 6 heteroatoms. The Bertz CT molecular complexity index is 450. The molecule has 1 rings (SSSR count). The molecule has 0 saturated carbocycles. The van der Waals surface area contributed by atoms with E-state index in [4.69, 9.17) is 11.5 Å². The van der Waals surface area contributed by atoms with Gasteiger partial charge in [-0.1, -0.05) is 12.1 Å². The maximum absolute atomic E-state index is 11.5. The van der Waals surface area contributed by atoms with Gasteiger partial charge in [0.25, 0.3) is 0 Å². The highest BCUT2D eigenvalue weighted by Crippen LogP contribution is 2.05. The first kappa shape index (κ1) is 18.4. The van der Waals surface area contributed by atoms with E-state index in [0.717, 1.165) is 5.56 Å². The van der Waals surface area contributed by atoms with Crippen LogP contribution in [0.15, 0.2) is 24.3 Å². The van der Waals surface area contributed by atoms with E-state index in [0.29, 0.717) is 31.4 Å². The second-order valence-corrected chi connectivity index (χ2v) is 4.68. The van der Waals surface area contributed by atoms with Crippen molar-refractivity contribution in [1.82, 2.24) is 5.32 Å². The van der Waals surface area contributed by atoms with Gasteiger partial charge in [0.05, 0.1) is 0 Å². The number of carbonyl (C=O) groups is 2. The number of benzene rings is 1. The fraction of sp³-hybridized carbons (Fsp3) is 0.429. The number of amides is 2. The molecule has 0 bridgehead atoms. The monoisotopic (exact) mass is 299 g/mol. The van der Waals surface area contributed by atoms with Crippen LogP contribution < -0.4 is 16.8 Å². The van der Waals surface area contributed by atoms with Crippen LogP contribution in [0.4, 0.5) is 0 Å². The van der Waals surface area contributed by atoms with Crippen LogP contribution in [-0.4, -0.2) is 24.4 Å². The second kappa shape index (κ2) is 9.34. The number of nitrogens with two attached hydrogens (primary N) is 2. The zero-order valence-corrected chi connectivity index (χ0v) is 12.4. The standard InChI is InChI=1S/C14H21N3O2.ClH/c1-10(15)5-6-13(18)17-8-7-11-3-2-4-12(9-11)14(16)19;/h2-4,9-10H,5-8,15H2,1H3,(H2,16,19)(H,17,18);1H. The Morgan fingerprint density at radius 3 is 2.65 bits per heavy atom. The summed E-state index contributed by atoms with van der Waals surface area (Å²) in [7, 11) is 0. The topological polar surface area (TPSA) is 98.2 Å². The van der Waals surface area contributed by atoms with Crippen molar-refractivity contribution in [1.29, 1.82) is 0 Å². The van der Waals surface area contributed by atoms with Crippen LogP contribution in [0.1, 0.15) is 35.7 Å². The zero-order valence-electron chi connectivity index (χ0n) is 11.6. The Morgan fingerprint density at radius 2 is 2.05 bits per heavy atom. The highest BCUT2D eigenvalue weighted by molar-refractivity contribution is 5.92. The lowest BCUT2D eigenvalue weighted by molar-refractivity contribution is -0.121. The molecule has 0 fully saturated rings. The second-order valence-electron chi connectivity index (χ2n) is 4.68. The van der Waals surface area contributed by atoms with Crippen LogP contribution >= 0.6 is 12.4 Å². The van der Waals surface area contributed by atoms with Gasteiger partial charge < -0.3 is 16.8 Å². The Balaban J connectivity index is 0.00000361. The van der Waals surface area contributed by atoms with E-state index in [2.05, 4.69) is 5.32 Å². The van der Waals surface area contributed by atoms with E-state index >= 15 is 0 Å². The van der Waals surface area contributed by atoms with Crippen LogP contribution in [0.3, 0.4) is 0 Å². The summed E-state index contributed by atoms with van der Waals surface area (Å²) in [4.78, 5) is 22.5. The van der Waals surface area contributed by atoms with Crippen molar-refractivity contribution in [2.24, 2.45) is 11.5 Å². The molecule has 1 atom stereocenters. The van der Waals surface area contributed by atoms with Crippen molar-refractivity contribution in [3.05, 3.63) is 35.4 Å². The molecule has 112 valence electrons. The number of hydrogen-bond acceptors (Lipinski definition) is 3. The van der Waals surface area contributed by atoms with Crippen LogP contribution in [0.25, 0.3) is 0 Å². The molecule has 2 amide bonds. The van der Waals surface area contributed by atoms with Crippen molar-refractivity contribution in [2.45, 2.75) is 32.2 Å². The van der Waals surface area contributed by atoms with Crippen molar-refractivity contribution in [2.75, 3.05) is 6.54 Å². The predicted octanol–water partition coefficient (Wildman–Crippen LogP) is 0.993. The van der Waals surface area contributed by atoms with Crippen molar-refractivity contribution >= 4 is 24.2 Å². The molecular formula is C14H22ClN3O2. The summed E-state index contributed by atoms with van der Waals surface area (Å²) in [6, 6.07) is 7.15. The summed E-state index contributed by atoms with van der Waals surface area (Å²) < 4.78 is 0. The number of carbonyl (C=O) groups excluding carboxylic acids is 2. The van der Waals surface area contributed by atoms with Gasteiger partial charge in [-0.3, -0.25) is 9.59 Å². The number of rotatable bonds is 7. The van der Waals surface area contributed by atoms with E-state index in [9.17, 15) is 9.59 Å². The van der Waals surface area contributed by atoms with Gasteiger partial charge in [-0.15, -0.1) is 12.4 Å². The first-order valence-corrected chi connectivity index (χ1v) is 6.40. The maximum atomic E-state index is 11.5. The van der Waals surface area contributed by atoms with Crippen LogP contribution in [0, 0.1) is 0 Å². The molecule has 0 aliphatic carbocycles. The SMILES string of the molecule is CC(N)CCC(=O)NCCc1cccc(C(N)=O)c1.Cl. The van der Waals surface area contributed by atoms with Crippen LogP contribution in [0.2, 0.25) is 0 Å². The lowest BCUT2D eigenvalue weighted by Gasteiger charge is -2.07. The van der Waals surface area contributed by atoms with E-state index in [1.54, 1.807) is 18.2 Å². The van der Waals surface area contributed by atoms with Crippen molar-refractivity contribution < 1.29 is 9.59 Å². The number of nitrogens with one attached hydrogen (secondary N) is 1. The summed E-state index contributed by atoms with van der Waals surface area (Å²) in [5.74, 6) is -0.439. The summed E-state index contributed by atoms with van der Waals surface area (Å²) in [5, 5.41) is 2.82. The van der Waals surface area contributed by atoms with E-state index in [1.165, 1.54) is 0 Å². The minimum atomic E-state index is -0.442. The molecule has 20 heavy (non-hydrogen) atoms. The molecule has 0 aromatic heterocycles. The van der Waals surface area contributed by atoms with Crippen LogP contribution in [0.5, 0.6) is 0 Å². The molecule has 0 saturated heterocycles. The molecule has 5 N–H and O–H groups in total. The Labute approximate surface area is 125 Å². The molecule has 0 heterocycles. The van der Waals surface area contributed by atoms with E-state index < -0.39 is 5.91 Å². The normalized spacial score (nSPS) is 11.3. The first-order valence-electron chi connectivity index (χ1n) is 6.40. The van der Waals surface area contributed by atoms with Gasteiger partial charge in [0.1, 0.15) is 0 Å². The smallest absolute Gasteiger partial charge is 0.248 e. The fourth-order valence-electron chi connectivity index (χ4n) is 1.67. The first-order chi connectivity index (χ1) is 8.99. The third-order valence-corrected chi connectivity index (χ3v) is 2.77. The van der Waals surface area contributed by atoms with Crippen molar-refractivity contribution in [3.63, 3.8) is 0 Å². The molecule has 0 radical (unpaired) electrons. The average Bonchev–Trinajstić information content (AvgIpc) is 2.36. The van der Waals surface area contributed by atoms with Crippen molar-refractivity contribution in [3.8, 4) is 0 Å².